The van der Waals surface area contributed by atoms with Gasteiger partial charge >= 0.3 is 6.18 Å². The molecule has 1 aromatic carbocycles. The van der Waals surface area contributed by atoms with E-state index < -0.39 is 11.7 Å². The van der Waals surface area contributed by atoms with E-state index in [2.05, 4.69) is 4.98 Å². The SMILES string of the molecule is Cc1ccccc1N(C)c1cc(C(F)(F)F)cc(Cl)n1. The van der Waals surface area contributed by atoms with Crippen LogP contribution in [0.25, 0.3) is 0 Å². The van der Waals surface area contributed by atoms with Crippen LogP contribution in [0.5, 0.6) is 0 Å². The third-order valence-electron chi connectivity index (χ3n) is 2.93. The van der Waals surface area contributed by atoms with E-state index in [9.17, 15) is 13.2 Å². The third-order valence-corrected chi connectivity index (χ3v) is 3.12. The van der Waals surface area contributed by atoms with Crippen LogP contribution in [0.2, 0.25) is 5.15 Å². The molecule has 0 aliphatic rings. The van der Waals surface area contributed by atoms with E-state index in [1.807, 2.05) is 31.2 Å². The highest BCUT2D eigenvalue weighted by Crippen LogP contribution is 2.34. The fourth-order valence-electron chi connectivity index (χ4n) is 1.88. The summed E-state index contributed by atoms with van der Waals surface area (Å²) in [5.74, 6) is 0.152. The molecule has 0 saturated carbocycles. The van der Waals surface area contributed by atoms with Gasteiger partial charge in [0.05, 0.1) is 5.56 Å². The molecule has 1 aromatic heterocycles. The van der Waals surface area contributed by atoms with Crippen molar-refractivity contribution in [3.63, 3.8) is 0 Å². The van der Waals surface area contributed by atoms with E-state index in [4.69, 9.17) is 11.6 Å². The molecule has 6 heteroatoms. The van der Waals surface area contributed by atoms with Gasteiger partial charge in [-0.05, 0) is 30.7 Å². The first-order chi connectivity index (χ1) is 9.29. The van der Waals surface area contributed by atoms with Gasteiger partial charge in [0.1, 0.15) is 11.0 Å². The van der Waals surface area contributed by atoms with E-state index >= 15 is 0 Å². The smallest absolute Gasteiger partial charge is 0.329 e. The lowest BCUT2D eigenvalue weighted by Crippen LogP contribution is -2.14. The second-order valence-electron chi connectivity index (χ2n) is 4.38. The molecule has 0 aliphatic heterocycles. The maximum Gasteiger partial charge on any atom is 0.416 e. The number of alkyl halides is 3. The molecule has 2 nitrogen and oxygen atoms in total. The lowest BCUT2D eigenvalue weighted by Gasteiger charge is -2.21. The zero-order valence-electron chi connectivity index (χ0n) is 10.9. The maximum atomic E-state index is 12.8. The van der Waals surface area contributed by atoms with Crippen molar-refractivity contribution in [3.8, 4) is 0 Å². The number of halogens is 4. The summed E-state index contributed by atoms with van der Waals surface area (Å²) < 4.78 is 38.4. The van der Waals surface area contributed by atoms with Crippen molar-refractivity contribution < 1.29 is 13.2 Å². The molecule has 0 spiro atoms. The lowest BCUT2D eigenvalue weighted by atomic mass is 10.2. The number of aryl methyl sites for hydroxylation is 1. The number of aromatic nitrogens is 1. The van der Waals surface area contributed by atoms with E-state index in [1.165, 1.54) is 0 Å². The largest absolute Gasteiger partial charge is 0.416 e. The van der Waals surface area contributed by atoms with Crippen LogP contribution in [0.3, 0.4) is 0 Å². The molecule has 1 heterocycles. The fourth-order valence-corrected chi connectivity index (χ4v) is 2.09. The molecule has 0 radical (unpaired) electrons. The molecule has 0 unspecified atom stereocenters. The molecule has 0 amide bonds. The Kier molecular flexibility index (Phi) is 3.90. The summed E-state index contributed by atoms with van der Waals surface area (Å²) in [5, 5.41) is -0.185. The molecule has 2 rings (SSSR count). The monoisotopic (exact) mass is 300 g/mol. The normalized spacial score (nSPS) is 11.5. The summed E-state index contributed by atoms with van der Waals surface area (Å²) in [4.78, 5) is 5.54. The Hall–Kier alpha value is -1.75. The van der Waals surface area contributed by atoms with Crippen LogP contribution in [-0.2, 0) is 6.18 Å². The highest BCUT2D eigenvalue weighted by Gasteiger charge is 2.32. The number of hydrogen-bond donors (Lipinski definition) is 0. The average Bonchev–Trinajstić information content (AvgIpc) is 2.37. The van der Waals surface area contributed by atoms with Crippen molar-refractivity contribution in [2.24, 2.45) is 0 Å². The van der Waals surface area contributed by atoms with Gasteiger partial charge in [-0.3, -0.25) is 0 Å². The number of rotatable bonds is 2. The number of pyridine rings is 1. The zero-order valence-corrected chi connectivity index (χ0v) is 11.6. The first kappa shape index (κ1) is 14.7. The standard InChI is InChI=1S/C14H12ClF3N2/c1-9-5-3-4-6-11(9)20(2)13-8-10(14(16,17)18)7-12(15)19-13/h3-8H,1-2H3. The third kappa shape index (κ3) is 3.04. The van der Waals surface area contributed by atoms with Crippen molar-refractivity contribution in [1.29, 1.82) is 0 Å². The summed E-state index contributed by atoms with van der Waals surface area (Å²) in [7, 11) is 1.65. The minimum absolute atomic E-state index is 0.152. The van der Waals surface area contributed by atoms with E-state index in [0.717, 1.165) is 23.4 Å². The Morgan fingerprint density at radius 2 is 1.80 bits per heavy atom. The fraction of sp³-hybridized carbons (Fsp3) is 0.214. The van der Waals surface area contributed by atoms with Gasteiger partial charge in [-0.1, -0.05) is 29.8 Å². The summed E-state index contributed by atoms with van der Waals surface area (Å²) >= 11 is 5.69. The summed E-state index contributed by atoms with van der Waals surface area (Å²) in [6.07, 6.45) is -4.45. The molecular formula is C14H12ClF3N2. The molecule has 106 valence electrons. The number of nitrogens with zero attached hydrogens (tertiary/aromatic N) is 2. The summed E-state index contributed by atoms with van der Waals surface area (Å²) in [5.41, 5.74) is 0.897. The van der Waals surface area contributed by atoms with Gasteiger partial charge < -0.3 is 4.90 Å². The zero-order chi connectivity index (χ0) is 14.9. The Balaban J connectivity index is 2.48. The van der Waals surface area contributed by atoms with Gasteiger partial charge in [0.2, 0.25) is 0 Å². The van der Waals surface area contributed by atoms with E-state index in [0.29, 0.717) is 0 Å². The first-order valence-electron chi connectivity index (χ1n) is 5.83. The number of benzene rings is 1. The minimum Gasteiger partial charge on any atom is -0.329 e. The highest BCUT2D eigenvalue weighted by atomic mass is 35.5. The van der Waals surface area contributed by atoms with Crippen LogP contribution in [0.15, 0.2) is 36.4 Å². The molecule has 0 atom stereocenters. The molecule has 0 saturated heterocycles. The summed E-state index contributed by atoms with van der Waals surface area (Å²) in [6, 6.07) is 9.16. The van der Waals surface area contributed by atoms with Gasteiger partial charge in [0.15, 0.2) is 0 Å². The highest BCUT2D eigenvalue weighted by molar-refractivity contribution is 6.29. The van der Waals surface area contributed by atoms with Crippen LogP contribution in [0, 0.1) is 6.92 Å². The molecular weight excluding hydrogens is 289 g/mol. The van der Waals surface area contributed by atoms with Crippen molar-refractivity contribution in [2.45, 2.75) is 13.1 Å². The number of hydrogen-bond acceptors (Lipinski definition) is 2. The van der Waals surface area contributed by atoms with Gasteiger partial charge in [-0.25, -0.2) is 4.98 Å². The molecule has 0 bridgehead atoms. The predicted molar refractivity (Wildman–Crippen MR) is 73.5 cm³/mol. The molecule has 2 aromatic rings. The Bertz CT molecular complexity index is 626. The van der Waals surface area contributed by atoms with Gasteiger partial charge in [-0.15, -0.1) is 0 Å². The second-order valence-corrected chi connectivity index (χ2v) is 4.77. The molecule has 0 N–H and O–H groups in total. The summed E-state index contributed by atoms with van der Waals surface area (Å²) in [6.45, 7) is 1.88. The van der Waals surface area contributed by atoms with Crippen molar-refractivity contribution >= 4 is 23.1 Å². The van der Waals surface area contributed by atoms with Crippen LogP contribution in [0.1, 0.15) is 11.1 Å². The van der Waals surface area contributed by atoms with Crippen LogP contribution in [0.4, 0.5) is 24.7 Å². The first-order valence-corrected chi connectivity index (χ1v) is 6.21. The van der Waals surface area contributed by atoms with Gasteiger partial charge in [-0.2, -0.15) is 13.2 Å². The van der Waals surface area contributed by atoms with E-state index in [-0.39, 0.29) is 11.0 Å². The van der Waals surface area contributed by atoms with Crippen LogP contribution in [-0.4, -0.2) is 12.0 Å². The van der Waals surface area contributed by atoms with Crippen molar-refractivity contribution in [2.75, 3.05) is 11.9 Å². The number of para-hydroxylation sites is 1. The topological polar surface area (TPSA) is 16.1 Å². The van der Waals surface area contributed by atoms with Crippen molar-refractivity contribution in [1.82, 2.24) is 4.98 Å². The number of anilines is 2. The molecule has 0 fully saturated rings. The quantitative estimate of drug-likeness (QED) is 0.738. The Labute approximate surface area is 119 Å². The lowest BCUT2D eigenvalue weighted by molar-refractivity contribution is -0.137. The Morgan fingerprint density at radius 1 is 1.15 bits per heavy atom. The van der Waals surface area contributed by atoms with Gasteiger partial charge in [0.25, 0.3) is 0 Å². The van der Waals surface area contributed by atoms with Crippen LogP contribution < -0.4 is 4.90 Å². The Morgan fingerprint density at radius 3 is 2.40 bits per heavy atom. The van der Waals surface area contributed by atoms with E-state index in [1.54, 1.807) is 11.9 Å². The van der Waals surface area contributed by atoms with Crippen LogP contribution >= 0.6 is 11.6 Å². The van der Waals surface area contributed by atoms with Crippen molar-refractivity contribution in [3.05, 3.63) is 52.7 Å². The molecule has 0 aliphatic carbocycles. The van der Waals surface area contributed by atoms with Gasteiger partial charge in [0, 0.05) is 12.7 Å². The maximum absolute atomic E-state index is 12.8. The predicted octanol–water partition coefficient (Wildman–Crippen LogP) is 4.83. The second kappa shape index (κ2) is 5.32. The average molecular weight is 301 g/mol. The minimum atomic E-state index is -4.45. The molecule has 20 heavy (non-hydrogen) atoms.